The number of ketones is 1. The molecule has 0 amide bonds. The molecular formula is C20H23NO3. The third kappa shape index (κ3) is 4.22. The molecule has 0 unspecified atom stereocenters. The molecule has 2 aromatic carbocycles. The minimum atomic E-state index is 0.106. The molecule has 2 aromatic rings. The van der Waals surface area contributed by atoms with E-state index in [0.29, 0.717) is 18.6 Å². The van der Waals surface area contributed by atoms with E-state index < -0.39 is 0 Å². The maximum Gasteiger partial charge on any atom is 0.167 e. The molecule has 0 bridgehead atoms. The lowest BCUT2D eigenvalue weighted by molar-refractivity contribution is 0.0277. The number of ether oxygens (including phenoxy) is 2. The van der Waals surface area contributed by atoms with Gasteiger partial charge in [0.1, 0.15) is 5.75 Å². The van der Waals surface area contributed by atoms with Crippen LogP contribution in [-0.2, 0) is 11.2 Å². The predicted molar refractivity (Wildman–Crippen MR) is 93.7 cm³/mol. The Labute approximate surface area is 142 Å². The van der Waals surface area contributed by atoms with Gasteiger partial charge in [-0.1, -0.05) is 24.3 Å². The van der Waals surface area contributed by atoms with Gasteiger partial charge in [-0.3, -0.25) is 4.79 Å². The minimum absolute atomic E-state index is 0.106. The van der Waals surface area contributed by atoms with Crippen LogP contribution in [0, 0.1) is 0 Å². The van der Waals surface area contributed by atoms with Crippen molar-refractivity contribution in [3.8, 4) is 5.75 Å². The fraction of sp³-hybridized carbons (Fsp3) is 0.350. The highest BCUT2D eigenvalue weighted by atomic mass is 16.5. The zero-order valence-corrected chi connectivity index (χ0v) is 14.0. The van der Waals surface area contributed by atoms with E-state index in [1.807, 2.05) is 43.3 Å². The van der Waals surface area contributed by atoms with E-state index in [1.54, 1.807) is 0 Å². The SMILES string of the molecule is CCOc1ccc(C(=O)Cc2ccc([C@H]3CNCCO3)cc2)cc1. The molecule has 4 heteroatoms. The number of carbonyl (C=O) groups excluding carboxylic acids is 1. The van der Waals surface area contributed by atoms with Crippen molar-refractivity contribution >= 4 is 5.78 Å². The largest absolute Gasteiger partial charge is 0.494 e. The van der Waals surface area contributed by atoms with Gasteiger partial charge in [0.05, 0.1) is 19.3 Å². The summed E-state index contributed by atoms with van der Waals surface area (Å²) in [7, 11) is 0. The summed E-state index contributed by atoms with van der Waals surface area (Å²) in [6.45, 7) is 5.05. The molecule has 1 aliphatic rings. The predicted octanol–water partition coefficient (Wildman–Crippen LogP) is 3.17. The van der Waals surface area contributed by atoms with E-state index in [9.17, 15) is 4.79 Å². The third-order valence-electron chi connectivity index (χ3n) is 4.13. The van der Waals surface area contributed by atoms with Crippen molar-refractivity contribution in [2.75, 3.05) is 26.3 Å². The van der Waals surface area contributed by atoms with Crippen molar-refractivity contribution in [3.63, 3.8) is 0 Å². The minimum Gasteiger partial charge on any atom is -0.494 e. The Bertz CT molecular complexity index is 658. The standard InChI is InChI=1S/C20H23NO3/c1-2-23-18-9-7-16(8-10-18)19(22)13-15-3-5-17(6-4-15)20-14-21-11-12-24-20/h3-10,20-21H,2,11-14H2,1H3/t20-/m1/s1. The second-order valence-corrected chi connectivity index (χ2v) is 5.86. The average Bonchev–Trinajstić information content (AvgIpc) is 2.64. The summed E-state index contributed by atoms with van der Waals surface area (Å²) in [5.41, 5.74) is 2.88. The third-order valence-corrected chi connectivity index (χ3v) is 4.13. The first-order chi connectivity index (χ1) is 11.8. The van der Waals surface area contributed by atoms with Crippen LogP contribution < -0.4 is 10.1 Å². The van der Waals surface area contributed by atoms with Crippen LogP contribution in [0.15, 0.2) is 48.5 Å². The number of hydrogen-bond acceptors (Lipinski definition) is 4. The van der Waals surface area contributed by atoms with Gasteiger partial charge < -0.3 is 14.8 Å². The van der Waals surface area contributed by atoms with Gasteiger partial charge in [-0.15, -0.1) is 0 Å². The molecule has 1 N–H and O–H groups in total. The molecule has 1 heterocycles. The van der Waals surface area contributed by atoms with Crippen LogP contribution in [0.25, 0.3) is 0 Å². The Morgan fingerprint density at radius 2 is 1.92 bits per heavy atom. The van der Waals surface area contributed by atoms with Crippen molar-refractivity contribution in [1.82, 2.24) is 5.32 Å². The van der Waals surface area contributed by atoms with Crippen LogP contribution in [-0.4, -0.2) is 32.1 Å². The molecule has 1 atom stereocenters. The van der Waals surface area contributed by atoms with Crippen LogP contribution in [0.1, 0.15) is 34.5 Å². The highest BCUT2D eigenvalue weighted by Crippen LogP contribution is 2.20. The molecule has 4 nitrogen and oxygen atoms in total. The lowest BCUT2D eigenvalue weighted by Gasteiger charge is -2.24. The molecule has 0 saturated carbocycles. The molecule has 0 aromatic heterocycles. The van der Waals surface area contributed by atoms with Gasteiger partial charge >= 0.3 is 0 Å². The van der Waals surface area contributed by atoms with Gasteiger partial charge in [0.15, 0.2) is 5.78 Å². The van der Waals surface area contributed by atoms with Crippen molar-refractivity contribution < 1.29 is 14.3 Å². The first-order valence-corrected chi connectivity index (χ1v) is 8.43. The monoisotopic (exact) mass is 325 g/mol. The summed E-state index contributed by atoms with van der Waals surface area (Å²) < 4.78 is 11.1. The number of rotatable bonds is 6. The van der Waals surface area contributed by atoms with Gasteiger partial charge in [-0.2, -0.15) is 0 Å². The first-order valence-electron chi connectivity index (χ1n) is 8.43. The molecule has 0 spiro atoms. The molecule has 1 fully saturated rings. The second-order valence-electron chi connectivity index (χ2n) is 5.86. The van der Waals surface area contributed by atoms with Crippen LogP contribution in [0.5, 0.6) is 5.75 Å². The number of carbonyl (C=O) groups is 1. The molecule has 126 valence electrons. The van der Waals surface area contributed by atoms with E-state index >= 15 is 0 Å². The summed E-state index contributed by atoms with van der Waals surface area (Å²) >= 11 is 0. The summed E-state index contributed by atoms with van der Waals surface area (Å²) in [6.07, 6.45) is 0.507. The van der Waals surface area contributed by atoms with Gasteiger partial charge in [-0.05, 0) is 42.3 Å². The molecule has 0 aliphatic carbocycles. The van der Waals surface area contributed by atoms with E-state index in [4.69, 9.17) is 9.47 Å². The smallest absolute Gasteiger partial charge is 0.167 e. The maximum atomic E-state index is 12.4. The van der Waals surface area contributed by atoms with Gasteiger partial charge in [0.25, 0.3) is 0 Å². The van der Waals surface area contributed by atoms with Crippen molar-refractivity contribution in [2.45, 2.75) is 19.4 Å². The Hall–Kier alpha value is -2.17. The van der Waals surface area contributed by atoms with Crippen LogP contribution in [0.2, 0.25) is 0 Å². The van der Waals surface area contributed by atoms with E-state index in [-0.39, 0.29) is 11.9 Å². The van der Waals surface area contributed by atoms with Crippen molar-refractivity contribution in [2.24, 2.45) is 0 Å². The zero-order chi connectivity index (χ0) is 16.8. The average molecular weight is 325 g/mol. The lowest BCUT2D eigenvalue weighted by Crippen LogP contribution is -2.33. The highest BCUT2D eigenvalue weighted by molar-refractivity contribution is 5.97. The van der Waals surface area contributed by atoms with Crippen LogP contribution >= 0.6 is 0 Å². The summed E-state index contributed by atoms with van der Waals surface area (Å²) in [5, 5.41) is 3.33. The van der Waals surface area contributed by atoms with Gasteiger partial charge in [0.2, 0.25) is 0 Å². The van der Waals surface area contributed by atoms with Gasteiger partial charge in [-0.25, -0.2) is 0 Å². The van der Waals surface area contributed by atoms with Crippen LogP contribution in [0.4, 0.5) is 0 Å². The summed E-state index contributed by atoms with van der Waals surface area (Å²) in [5.74, 6) is 0.904. The number of nitrogens with one attached hydrogen (secondary N) is 1. The molecule has 24 heavy (non-hydrogen) atoms. The van der Waals surface area contributed by atoms with E-state index in [0.717, 1.165) is 36.6 Å². The first kappa shape index (κ1) is 16.7. The summed E-state index contributed by atoms with van der Waals surface area (Å²) in [6, 6.07) is 15.5. The molecule has 0 radical (unpaired) electrons. The number of Topliss-reactive ketones (excluding diaryl/α,β-unsaturated/α-hetero) is 1. The Kier molecular flexibility index (Phi) is 5.62. The molecular weight excluding hydrogens is 302 g/mol. The Morgan fingerprint density at radius 3 is 2.54 bits per heavy atom. The second kappa shape index (κ2) is 8.08. The number of morpholine rings is 1. The quantitative estimate of drug-likeness (QED) is 0.829. The number of benzene rings is 2. The normalized spacial score (nSPS) is 17.5. The molecule has 3 rings (SSSR count). The lowest BCUT2D eigenvalue weighted by atomic mass is 10.0. The van der Waals surface area contributed by atoms with Crippen LogP contribution in [0.3, 0.4) is 0 Å². The van der Waals surface area contributed by atoms with Gasteiger partial charge in [0, 0.05) is 25.1 Å². The van der Waals surface area contributed by atoms with E-state index in [2.05, 4.69) is 17.4 Å². The Morgan fingerprint density at radius 1 is 1.17 bits per heavy atom. The number of hydrogen-bond donors (Lipinski definition) is 1. The Balaban J connectivity index is 1.61. The summed E-state index contributed by atoms with van der Waals surface area (Å²) in [4.78, 5) is 12.4. The van der Waals surface area contributed by atoms with Crippen molar-refractivity contribution in [1.29, 1.82) is 0 Å². The fourth-order valence-corrected chi connectivity index (χ4v) is 2.82. The highest BCUT2D eigenvalue weighted by Gasteiger charge is 2.15. The zero-order valence-electron chi connectivity index (χ0n) is 14.0. The molecule has 1 aliphatic heterocycles. The topological polar surface area (TPSA) is 47.6 Å². The van der Waals surface area contributed by atoms with Crippen molar-refractivity contribution in [3.05, 3.63) is 65.2 Å². The fourth-order valence-electron chi connectivity index (χ4n) is 2.82. The molecule has 1 saturated heterocycles. The van der Waals surface area contributed by atoms with E-state index in [1.165, 1.54) is 0 Å². The maximum absolute atomic E-state index is 12.4.